The number of phosphoric acid groups is 2. The maximum Gasteiger partial charge on any atom is 0.472 e. The quantitative estimate of drug-likeness (QED) is 0.0297. The molecule has 0 radical (unpaired) electrons. The maximum atomic E-state index is 13.8. The van der Waals surface area contributed by atoms with Gasteiger partial charge in [0.2, 0.25) is 0 Å². The minimum absolute atomic E-state index is 0.00514. The van der Waals surface area contributed by atoms with Gasteiger partial charge in [-0.25, -0.2) is 54.0 Å². The van der Waals surface area contributed by atoms with Gasteiger partial charge in [-0.2, -0.15) is 0 Å². The van der Waals surface area contributed by atoms with Crippen molar-refractivity contribution in [3.8, 4) is 0 Å². The molecule has 0 aliphatic carbocycles. The van der Waals surface area contributed by atoms with Gasteiger partial charge in [0.05, 0.1) is 44.9 Å². The molecule has 354 valence electrons. The standard InChI is InChI=1S/C33H41N15O16P2/c1-56-23-17(6-59-65(52,53)63-15-4-14(2-3-57-13-49)60-31(15)46-10-43-18-25(34)37-7-40-28(18)46)62-33(48-12-45-20-27(36)39-9-42-30(20)48)24(23)64-66(54,55)58-5-16-21(50)22(51)32(61-16)47-11-44-19-26(35)38-8-41-29(19)47/h7-17,21-24,31-33,50-51H,2-6H2,1H3,(H,52,53)(H,54,55)(H2,34,37,40)(H2,35,38,41)(H2,36,39,42)/t14-,15-,16-,17-,21-,22-,23-,24-,31-,32-,33-/m1/s1. The summed E-state index contributed by atoms with van der Waals surface area (Å²) < 4.78 is 82.5. The van der Waals surface area contributed by atoms with E-state index in [1.165, 1.54) is 52.4 Å². The number of imidazole rings is 3. The van der Waals surface area contributed by atoms with Crippen LogP contribution in [0.5, 0.6) is 0 Å². The number of nitrogen functional groups attached to an aromatic ring is 3. The highest BCUT2D eigenvalue weighted by molar-refractivity contribution is 7.47. The number of hydrogen-bond acceptors (Lipinski definition) is 26. The zero-order valence-electron chi connectivity index (χ0n) is 34.1. The van der Waals surface area contributed by atoms with Gasteiger partial charge in [0, 0.05) is 20.0 Å². The Kier molecular flexibility index (Phi) is 12.7. The summed E-state index contributed by atoms with van der Waals surface area (Å²) >= 11 is 0. The summed E-state index contributed by atoms with van der Waals surface area (Å²) in [5, 5.41) is 21.8. The number of rotatable bonds is 18. The number of carbonyl (C=O) groups excluding carboxylic acids is 1. The van der Waals surface area contributed by atoms with E-state index >= 15 is 0 Å². The van der Waals surface area contributed by atoms with Crippen molar-refractivity contribution in [3.63, 3.8) is 0 Å². The molecular weight excluding hydrogens is 924 g/mol. The van der Waals surface area contributed by atoms with Gasteiger partial charge in [-0.3, -0.25) is 36.6 Å². The molecule has 6 aromatic rings. The number of carbonyl (C=O) groups is 1. The van der Waals surface area contributed by atoms with Gasteiger partial charge in [0.15, 0.2) is 53.1 Å². The highest BCUT2D eigenvalue weighted by Crippen LogP contribution is 2.53. The molecule has 6 aromatic heterocycles. The molecule has 0 amide bonds. The monoisotopic (exact) mass is 965 g/mol. The molecule has 31 nitrogen and oxygen atoms in total. The van der Waals surface area contributed by atoms with Crippen LogP contribution in [0.1, 0.15) is 31.5 Å². The van der Waals surface area contributed by atoms with E-state index in [2.05, 4.69) is 44.9 Å². The molecule has 10 N–H and O–H groups in total. The second-order valence-electron chi connectivity index (χ2n) is 14.9. The first-order valence-corrected chi connectivity index (χ1v) is 22.7. The van der Waals surface area contributed by atoms with E-state index in [0.717, 1.165) is 6.33 Å². The van der Waals surface area contributed by atoms with Gasteiger partial charge in [-0.05, 0) is 0 Å². The average molecular weight is 966 g/mol. The third-order valence-corrected chi connectivity index (χ3v) is 13.0. The summed E-state index contributed by atoms with van der Waals surface area (Å²) in [5.74, 6) is 0.132. The second-order valence-corrected chi connectivity index (χ2v) is 17.8. The number of aliphatic hydroxyl groups excluding tert-OH is 2. The van der Waals surface area contributed by atoms with Gasteiger partial charge < -0.3 is 60.9 Å². The van der Waals surface area contributed by atoms with Crippen molar-refractivity contribution in [2.75, 3.05) is 44.1 Å². The first-order chi connectivity index (χ1) is 31.7. The fourth-order valence-corrected chi connectivity index (χ4v) is 9.80. The molecule has 2 unspecified atom stereocenters. The van der Waals surface area contributed by atoms with Crippen molar-refractivity contribution in [1.29, 1.82) is 0 Å². The number of methoxy groups -OCH3 is 1. The minimum Gasteiger partial charge on any atom is -0.468 e. The highest BCUT2D eigenvalue weighted by atomic mass is 31.2. The number of nitrogens with two attached hydrogens (primary N) is 3. The van der Waals surface area contributed by atoms with Crippen LogP contribution in [0.2, 0.25) is 0 Å². The van der Waals surface area contributed by atoms with Crippen LogP contribution in [-0.4, -0.2) is 161 Å². The van der Waals surface area contributed by atoms with E-state index < -0.39 is 96.4 Å². The molecule has 0 spiro atoms. The highest BCUT2D eigenvalue weighted by Gasteiger charge is 2.53. The SMILES string of the molecule is CO[C@H]1[C@@H](OP(=O)(O)OC[C@H]2O[C@@H](n3cnc4c(N)ncnc43)[C@H](O)[C@@H]2O)[C@H](n2cnc3c(N)ncnc32)O[C@@H]1COP(=O)(O)O[C@@H]1C[C@@H](CCOC=O)O[C@H]1n1cnc2c(N)ncnc21. The van der Waals surface area contributed by atoms with E-state index in [-0.39, 0.29) is 76.9 Å². The van der Waals surface area contributed by atoms with Crippen LogP contribution >= 0.6 is 15.6 Å². The Hall–Kier alpha value is -5.50. The Labute approximate surface area is 369 Å². The third-order valence-electron chi connectivity index (χ3n) is 11.0. The Morgan fingerprint density at radius 1 is 0.682 bits per heavy atom. The van der Waals surface area contributed by atoms with Crippen molar-refractivity contribution in [2.24, 2.45) is 0 Å². The first kappa shape index (κ1) is 45.6. The van der Waals surface area contributed by atoms with Crippen LogP contribution in [-0.2, 0) is 55.7 Å². The summed E-state index contributed by atoms with van der Waals surface area (Å²) in [6.07, 6.45) is -6.89. The fourth-order valence-electron chi connectivity index (χ4n) is 7.94. The number of aromatic nitrogens is 12. The molecule has 3 saturated heterocycles. The molecule has 0 saturated carbocycles. The van der Waals surface area contributed by atoms with Crippen LogP contribution in [0.4, 0.5) is 17.5 Å². The van der Waals surface area contributed by atoms with Crippen molar-refractivity contribution in [1.82, 2.24) is 58.6 Å². The zero-order valence-corrected chi connectivity index (χ0v) is 35.9. The number of hydrogen-bond donors (Lipinski definition) is 7. The fraction of sp³-hybridized carbons (Fsp3) is 0.515. The third kappa shape index (κ3) is 8.77. The Morgan fingerprint density at radius 2 is 1.18 bits per heavy atom. The van der Waals surface area contributed by atoms with Crippen molar-refractivity contribution in [3.05, 3.63) is 38.0 Å². The Bertz CT molecular complexity index is 2820. The molecule has 3 aliphatic rings. The Morgan fingerprint density at radius 3 is 1.73 bits per heavy atom. The average Bonchev–Trinajstić information content (AvgIpc) is 4.15. The molecule has 3 aliphatic heterocycles. The first-order valence-electron chi connectivity index (χ1n) is 19.7. The molecular formula is C33H41N15O16P2. The zero-order chi connectivity index (χ0) is 46.5. The van der Waals surface area contributed by atoms with E-state index in [1.54, 1.807) is 0 Å². The number of phosphoric ester groups is 2. The van der Waals surface area contributed by atoms with E-state index in [1.807, 2.05) is 0 Å². The van der Waals surface area contributed by atoms with Gasteiger partial charge in [-0.15, -0.1) is 0 Å². The lowest BCUT2D eigenvalue weighted by molar-refractivity contribution is -0.129. The number of ether oxygens (including phenoxy) is 5. The molecule has 13 atom stereocenters. The molecule has 3 fully saturated rings. The number of fused-ring (bicyclic) bond motifs is 3. The lowest BCUT2D eigenvalue weighted by atomic mass is 10.1. The van der Waals surface area contributed by atoms with Gasteiger partial charge in [0.25, 0.3) is 6.47 Å². The molecule has 9 rings (SSSR count). The predicted molar refractivity (Wildman–Crippen MR) is 216 cm³/mol. The maximum absolute atomic E-state index is 13.8. The molecule has 0 bridgehead atoms. The largest absolute Gasteiger partial charge is 0.472 e. The van der Waals surface area contributed by atoms with Crippen molar-refractivity contribution >= 4 is 73.1 Å². The predicted octanol–water partition coefficient (Wildman–Crippen LogP) is -1.36. The van der Waals surface area contributed by atoms with Crippen molar-refractivity contribution < 1.29 is 75.7 Å². The summed E-state index contributed by atoms with van der Waals surface area (Å²) in [5.41, 5.74) is 19.0. The lowest BCUT2D eigenvalue weighted by Gasteiger charge is -2.26. The van der Waals surface area contributed by atoms with E-state index in [4.69, 9.17) is 59.0 Å². The summed E-state index contributed by atoms with van der Waals surface area (Å²) in [6.45, 7) is -1.27. The number of nitrogens with zero attached hydrogens (tertiary/aromatic N) is 12. The molecule has 9 heterocycles. The number of aliphatic hydroxyl groups is 2. The molecule has 0 aromatic carbocycles. The van der Waals surface area contributed by atoms with Gasteiger partial charge in [0.1, 0.15) is 78.3 Å². The van der Waals surface area contributed by atoms with E-state index in [9.17, 15) is 33.9 Å². The lowest BCUT2D eigenvalue weighted by Crippen LogP contribution is -2.37. The topological polar surface area (TPSA) is 424 Å². The Balaban J connectivity index is 0.919. The van der Waals surface area contributed by atoms with Crippen LogP contribution in [0.15, 0.2) is 38.0 Å². The van der Waals surface area contributed by atoms with Gasteiger partial charge in [-0.1, -0.05) is 0 Å². The normalized spacial score (nSPS) is 29.7. The second kappa shape index (κ2) is 18.3. The van der Waals surface area contributed by atoms with Crippen LogP contribution < -0.4 is 17.2 Å². The molecule has 66 heavy (non-hydrogen) atoms. The smallest absolute Gasteiger partial charge is 0.468 e. The number of anilines is 3. The van der Waals surface area contributed by atoms with Crippen LogP contribution in [0, 0.1) is 0 Å². The summed E-state index contributed by atoms with van der Waals surface area (Å²) in [6, 6.07) is 0. The van der Waals surface area contributed by atoms with E-state index in [0.29, 0.717) is 0 Å². The van der Waals surface area contributed by atoms with Crippen LogP contribution in [0.3, 0.4) is 0 Å². The minimum atomic E-state index is -5.21. The molecule has 33 heteroatoms. The van der Waals surface area contributed by atoms with Crippen molar-refractivity contribution in [2.45, 2.75) is 80.4 Å². The summed E-state index contributed by atoms with van der Waals surface area (Å²) in [4.78, 5) is 70.0. The summed E-state index contributed by atoms with van der Waals surface area (Å²) in [7, 11) is -9.05. The van der Waals surface area contributed by atoms with Crippen LogP contribution in [0.25, 0.3) is 33.5 Å². The van der Waals surface area contributed by atoms with Gasteiger partial charge >= 0.3 is 15.6 Å².